The first-order chi connectivity index (χ1) is 19.3. The topological polar surface area (TPSA) is 123 Å². The van der Waals surface area contributed by atoms with E-state index in [1.807, 2.05) is 18.2 Å². The molecule has 0 bridgehead atoms. The van der Waals surface area contributed by atoms with Gasteiger partial charge in [0, 0.05) is 57.4 Å². The molecule has 2 saturated heterocycles. The molecular weight excluding hydrogens is 514 g/mol. The minimum atomic E-state index is -1.59. The first-order valence-electron chi connectivity index (χ1n) is 13.4. The molecule has 3 aliphatic rings. The Morgan fingerprint density at radius 1 is 1.07 bits per heavy atom. The number of carbonyl (C=O) groups excluding carboxylic acids is 3. The maximum absolute atomic E-state index is 13.3. The van der Waals surface area contributed by atoms with Gasteiger partial charge in [0.05, 0.1) is 13.7 Å². The average molecular weight is 548 g/mol. The summed E-state index contributed by atoms with van der Waals surface area (Å²) < 4.78 is 11.4. The van der Waals surface area contributed by atoms with Crippen LogP contribution in [-0.2, 0) is 16.9 Å². The van der Waals surface area contributed by atoms with Crippen LogP contribution in [0.15, 0.2) is 40.8 Å². The molecule has 2 N–H and O–H groups in total. The molecule has 0 saturated carbocycles. The number of furan rings is 1. The number of benzene rings is 1. The molecule has 2 fully saturated rings. The third-order valence-electron chi connectivity index (χ3n) is 7.90. The molecule has 1 atom stereocenters. The first kappa shape index (κ1) is 26.1. The van der Waals surface area contributed by atoms with Crippen LogP contribution in [-0.4, -0.2) is 105 Å². The van der Waals surface area contributed by atoms with Gasteiger partial charge in [0.1, 0.15) is 22.8 Å². The van der Waals surface area contributed by atoms with Crippen LogP contribution < -0.4 is 20.3 Å². The molecule has 210 valence electrons. The number of carbonyl (C=O) groups is 3. The summed E-state index contributed by atoms with van der Waals surface area (Å²) in [5.74, 6) is 0.811. The van der Waals surface area contributed by atoms with Crippen LogP contribution in [0.25, 0.3) is 11.1 Å². The van der Waals surface area contributed by atoms with Crippen molar-refractivity contribution < 1.29 is 23.5 Å². The van der Waals surface area contributed by atoms with Crippen molar-refractivity contribution in [2.75, 3.05) is 71.9 Å². The third kappa shape index (κ3) is 4.62. The highest BCUT2D eigenvalue weighted by atomic mass is 16.5. The van der Waals surface area contributed by atoms with Crippen molar-refractivity contribution in [3.8, 4) is 5.75 Å². The fourth-order valence-electron chi connectivity index (χ4n) is 5.58. The van der Waals surface area contributed by atoms with E-state index in [4.69, 9.17) is 14.1 Å². The number of anilines is 1. The highest BCUT2D eigenvalue weighted by Crippen LogP contribution is 2.35. The molecule has 12 nitrogen and oxygen atoms in total. The molecule has 40 heavy (non-hydrogen) atoms. The molecule has 3 aromatic rings. The van der Waals surface area contributed by atoms with E-state index in [-0.39, 0.29) is 18.2 Å². The minimum Gasteiger partial charge on any atom is -0.497 e. The Morgan fingerprint density at radius 2 is 1.88 bits per heavy atom. The summed E-state index contributed by atoms with van der Waals surface area (Å²) in [4.78, 5) is 52.1. The van der Waals surface area contributed by atoms with Crippen molar-refractivity contribution in [2.45, 2.75) is 12.1 Å². The van der Waals surface area contributed by atoms with Crippen molar-refractivity contribution >= 4 is 34.8 Å². The standard InChI is InChI=1S/C28H33N7O5/c1-32(2)8-9-33-10-12-34(13-11-33)24-7-6-22-21(29-24)15-23(40-22)28(26(37)30-27(38)31-28)17-35-16-18-4-5-19(39-3)14-20(18)25(35)36/h4-7,14-15H,8-13,16-17H2,1-3H3,(H2,30,31,37,38)/t28-/m0/s1. The third-order valence-corrected chi connectivity index (χ3v) is 7.90. The van der Waals surface area contributed by atoms with Gasteiger partial charge in [-0.1, -0.05) is 6.07 Å². The van der Waals surface area contributed by atoms with Crippen LogP contribution in [0, 0.1) is 0 Å². The summed E-state index contributed by atoms with van der Waals surface area (Å²) >= 11 is 0. The lowest BCUT2D eigenvalue weighted by Crippen LogP contribution is -2.52. The summed E-state index contributed by atoms with van der Waals surface area (Å²) in [7, 11) is 5.71. The van der Waals surface area contributed by atoms with Gasteiger partial charge in [0.25, 0.3) is 11.8 Å². The number of methoxy groups -OCH3 is 1. The summed E-state index contributed by atoms with van der Waals surface area (Å²) in [6, 6.07) is 10.1. The van der Waals surface area contributed by atoms with E-state index in [9.17, 15) is 14.4 Å². The predicted molar refractivity (Wildman–Crippen MR) is 147 cm³/mol. The second-order valence-electron chi connectivity index (χ2n) is 10.8. The Balaban J connectivity index is 1.24. The van der Waals surface area contributed by atoms with Crippen molar-refractivity contribution in [2.24, 2.45) is 0 Å². The van der Waals surface area contributed by atoms with Crippen molar-refractivity contribution in [3.63, 3.8) is 0 Å². The Kier molecular flexibility index (Phi) is 6.59. The molecule has 3 aliphatic heterocycles. The number of fused-ring (bicyclic) bond motifs is 2. The number of ether oxygens (including phenoxy) is 1. The van der Waals surface area contributed by atoms with Gasteiger partial charge in [0.15, 0.2) is 11.1 Å². The zero-order valence-corrected chi connectivity index (χ0v) is 22.9. The molecule has 12 heteroatoms. The number of piperazine rings is 1. The SMILES string of the molecule is COc1ccc2c(c1)C(=O)N(C[C@@]1(c3cc4nc(N5CCN(CCN(C)C)CC5)ccc4o3)NC(=O)NC1=O)C2. The maximum Gasteiger partial charge on any atom is 0.322 e. The normalized spacial score (nSPS) is 21.4. The van der Waals surface area contributed by atoms with Crippen LogP contribution in [0.3, 0.4) is 0 Å². The van der Waals surface area contributed by atoms with Gasteiger partial charge in [0.2, 0.25) is 0 Å². The van der Waals surface area contributed by atoms with Crippen LogP contribution >= 0.6 is 0 Å². The molecule has 6 rings (SSSR count). The van der Waals surface area contributed by atoms with Crippen molar-refractivity contribution in [3.05, 3.63) is 53.3 Å². The molecule has 5 heterocycles. The highest BCUT2D eigenvalue weighted by molar-refractivity contribution is 6.08. The van der Waals surface area contributed by atoms with E-state index >= 15 is 0 Å². The zero-order valence-electron chi connectivity index (χ0n) is 22.9. The summed E-state index contributed by atoms with van der Waals surface area (Å²) in [6.07, 6.45) is 0. The van der Waals surface area contributed by atoms with Crippen LogP contribution in [0.5, 0.6) is 5.75 Å². The quantitative estimate of drug-likeness (QED) is 0.401. The number of aromatic nitrogens is 1. The number of imide groups is 1. The molecule has 2 aromatic heterocycles. The van der Waals surface area contributed by atoms with E-state index < -0.39 is 17.5 Å². The lowest BCUT2D eigenvalue weighted by atomic mass is 9.95. The number of hydrogen-bond acceptors (Lipinski definition) is 9. The van der Waals surface area contributed by atoms with E-state index in [2.05, 4.69) is 39.4 Å². The Morgan fingerprint density at radius 3 is 2.58 bits per heavy atom. The lowest BCUT2D eigenvalue weighted by molar-refractivity contribution is -0.125. The molecular formula is C28H33N7O5. The van der Waals surface area contributed by atoms with Crippen LogP contribution in [0.4, 0.5) is 10.6 Å². The second kappa shape index (κ2) is 10.1. The number of pyridine rings is 1. The summed E-state index contributed by atoms with van der Waals surface area (Å²) in [5, 5.41) is 5.05. The summed E-state index contributed by atoms with van der Waals surface area (Å²) in [6.45, 7) is 5.90. The average Bonchev–Trinajstić information content (AvgIpc) is 3.60. The van der Waals surface area contributed by atoms with Crippen molar-refractivity contribution in [1.82, 2.24) is 30.3 Å². The number of nitrogens with zero attached hydrogens (tertiary/aromatic N) is 5. The van der Waals surface area contributed by atoms with Gasteiger partial charge in [-0.2, -0.15) is 0 Å². The molecule has 0 unspecified atom stereocenters. The van der Waals surface area contributed by atoms with E-state index in [1.54, 1.807) is 25.3 Å². The van der Waals surface area contributed by atoms with Gasteiger partial charge < -0.3 is 29.2 Å². The zero-order chi connectivity index (χ0) is 28.0. The summed E-state index contributed by atoms with van der Waals surface area (Å²) in [5.41, 5.74) is 0.826. The lowest BCUT2D eigenvalue weighted by Gasteiger charge is -2.35. The minimum absolute atomic E-state index is 0.0952. The van der Waals surface area contributed by atoms with E-state index in [0.717, 1.165) is 50.6 Å². The second-order valence-corrected chi connectivity index (χ2v) is 10.8. The Labute approximate surface area is 231 Å². The van der Waals surface area contributed by atoms with Gasteiger partial charge in [-0.05, 0) is 43.9 Å². The molecule has 1 aromatic carbocycles. The first-order valence-corrected chi connectivity index (χ1v) is 13.4. The molecule has 4 amide bonds. The largest absolute Gasteiger partial charge is 0.497 e. The predicted octanol–water partition coefficient (Wildman–Crippen LogP) is 1.21. The van der Waals surface area contributed by atoms with Crippen molar-refractivity contribution in [1.29, 1.82) is 0 Å². The molecule has 0 spiro atoms. The Bertz CT molecular complexity index is 1480. The maximum atomic E-state index is 13.3. The fraction of sp³-hybridized carbons (Fsp3) is 0.429. The number of nitrogens with one attached hydrogen (secondary N) is 2. The number of likely N-dealkylation sites (N-methyl/N-ethyl adjacent to an activating group) is 1. The monoisotopic (exact) mass is 547 g/mol. The highest BCUT2D eigenvalue weighted by Gasteiger charge is 2.53. The van der Waals surface area contributed by atoms with Crippen LogP contribution in [0.1, 0.15) is 21.7 Å². The van der Waals surface area contributed by atoms with E-state index in [0.29, 0.717) is 29.0 Å². The molecule has 0 radical (unpaired) electrons. The number of hydrogen-bond donors (Lipinski definition) is 2. The number of urea groups is 1. The number of amides is 4. The van der Waals surface area contributed by atoms with Gasteiger partial charge in [-0.15, -0.1) is 0 Å². The van der Waals surface area contributed by atoms with Gasteiger partial charge in [-0.3, -0.25) is 19.8 Å². The smallest absolute Gasteiger partial charge is 0.322 e. The Hall–Kier alpha value is -4.16. The van der Waals surface area contributed by atoms with Gasteiger partial charge in [-0.25, -0.2) is 9.78 Å². The van der Waals surface area contributed by atoms with E-state index in [1.165, 1.54) is 4.90 Å². The van der Waals surface area contributed by atoms with Crippen LogP contribution in [0.2, 0.25) is 0 Å². The number of rotatable bonds is 8. The van der Waals surface area contributed by atoms with Gasteiger partial charge >= 0.3 is 6.03 Å². The fourth-order valence-corrected chi connectivity index (χ4v) is 5.58. The molecule has 0 aliphatic carbocycles.